The van der Waals surface area contributed by atoms with E-state index in [1.165, 1.54) is 4.90 Å². The molecular formula is C19H22N2O4. The van der Waals surface area contributed by atoms with Gasteiger partial charge in [-0.05, 0) is 29.2 Å². The fourth-order valence-corrected chi connectivity index (χ4v) is 2.54. The molecule has 0 fully saturated rings. The molecular weight excluding hydrogens is 320 g/mol. The first-order valence-electron chi connectivity index (χ1n) is 8.08. The first kappa shape index (κ1) is 18.4. The molecule has 2 rings (SSSR count). The van der Waals surface area contributed by atoms with E-state index in [1.807, 2.05) is 30.3 Å². The molecule has 1 amide bonds. The van der Waals surface area contributed by atoms with E-state index >= 15 is 0 Å². The topological polar surface area (TPSA) is 79.7 Å². The number of rotatable bonds is 7. The number of pyridine rings is 1. The monoisotopic (exact) mass is 342 g/mol. The van der Waals surface area contributed by atoms with Crippen LogP contribution in [-0.4, -0.2) is 33.1 Å². The van der Waals surface area contributed by atoms with Crippen molar-refractivity contribution in [3.8, 4) is 0 Å². The van der Waals surface area contributed by atoms with Gasteiger partial charge in [0, 0.05) is 12.4 Å². The van der Waals surface area contributed by atoms with E-state index in [0.29, 0.717) is 0 Å². The molecule has 1 unspecified atom stereocenters. The Morgan fingerprint density at radius 3 is 2.28 bits per heavy atom. The molecule has 2 aromatic rings. The molecule has 132 valence electrons. The Balaban J connectivity index is 2.17. The number of aromatic nitrogens is 1. The van der Waals surface area contributed by atoms with Gasteiger partial charge in [0.05, 0.1) is 6.54 Å². The summed E-state index contributed by atoms with van der Waals surface area (Å²) in [5.41, 5.74) is 1.63. The Morgan fingerprint density at radius 1 is 1.08 bits per heavy atom. The van der Waals surface area contributed by atoms with Crippen LogP contribution >= 0.6 is 0 Å². The third kappa shape index (κ3) is 5.31. The predicted molar refractivity (Wildman–Crippen MR) is 92.7 cm³/mol. The van der Waals surface area contributed by atoms with Crippen molar-refractivity contribution in [3.05, 3.63) is 66.0 Å². The van der Waals surface area contributed by atoms with Gasteiger partial charge in [-0.1, -0.05) is 44.2 Å². The summed E-state index contributed by atoms with van der Waals surface area (Å²) in [6.45, 7) is 3.77. The molecule has 6 heteroatoms. The van der Waals surface area contributed by atoms with Crippen molar-refractivity contribution in [2.24, 2.45) is 5.92 Å². The van der Waals surface area contributed by atoms with E-state index in [0.717, 1.165) is 11.1 Å². The first-order chi connectivity index (χ1) is 12.0. The molecule has 1 heterocycles. The SMILES string of the molecule is CC(C)C(C(=O)O)N(Cc1ccncc1)C(=O)OCc1ccccc1. The number of carbonyl (C=O) groups excluding carboxylic acids is 1. The Bertz CT molecular complexity index is 689. The van der Waals surface area contributed by atoms with Gasteiger partial charge in [0.1, 0.15) is 12.6 Å². The van der Waals surface area contributed by atoms with Crippen LogP contribution in [0, 0.1) is 5.92 Å². The Morgan fingerprint density at radius 2 is 1.72 bits per heavy atom. The van der Waals surface area contributed by atoms with Gasteiger partial charge < -0.3 is 9.84 Å². The maximum absolute atomic E-state index is 12.6. The summed E-state index contributed by atoms with van der Waals surface area (Å²) in [6.07, 6.45) is 2.56. The number of nitrogens with zero attached hydrogens (tertiary/aromatic N) is 2. The zero-order chi connectivity index (χ0) is 18.2. The molecule has 6 nitrogen and oxygen atoms in total. The smallest absolute Gasteiger partial charge is 0.411 e. The van der Waals surface area contributed by atoms with E-state index in [-0.39, 0.29) is 19.1 Å². The van der Waals surface area contributed by atoms with E-state index in [2.05, 4.69) is 4.98 Å². The van der Waals surface area contributed by atoms with Crippen LogP contribution in [0.1, 0.15) is 25.0 Å². The summed E-state index contributed by atoms with van der Waals surface area (Å²) in [7, 11) is 0. The van der Waals surface area contributed by atoms with Gasteiger partial charge in [0.15, 0.2) is 0 Å². The largest absolute Gasteiger partial charge is 0.480 e. The highest BCUT2D eigenvalue weighted by Gasteiger charge is 2.33. The molecule has 25 heavy (non-hydrogen) atoms. The molecule has 0 aliphatic carbocycles. The van der Waals surface area contributed by atoms with E-state index in [4.69, 9.17) is 4.74 Å². The molecule has 1 aromatic carbocycles. The van der Waals surface area contributed by atoms with Gasteiger partial charge in [-0.25, -0.2) is 9.59 Å². The molecule has 1 atom stereocenters. The average molecular weight is 342 g/mol. The molecule has 0 saturated carbocycles. The molecule has 0 bridgehead atoms. The van der Waals surface area contributed by atoms with Gasteiger partial charge in [0.2, 0.25) is 0 Å². The highest BCUT2D eigenvalue weighted by Crippen LogP contribution is 2.17. The van der Waals surface area contributed by atoms with Crippen LogP contribution < -0.4 is 0 Å². The van der Waals surface area contributed by atoms with E-state index in [9.17, 15) is 14.7 Å². The van der Waals surface area contributed by atoms with Crippen molar-refractivity contribution in [2.75, 3.05) is 0 Å². The molecule has 1 aromatic heterocycles. The lowest BCUT2D eigenvalue weighted by Gasteiger charge is -2.30. The van der Waals surface area contributed by atoms with Crippen LogP contribution in [0.5, 0.6) is 0 Å². The quantitative estimate of drug-likeness (QED) is 0.835. The minimum absolute atomic E-state index is 0.0942. The third-order valence-electron chi connectivity index (χ3n) is 3.76. The summed E-state index contributed by atoms with van der Waals surface area (Å²) in [5.74, 6) is -1.32. The zero-order valence-corrected chi connectivity index (χ0v) is 14.3. The van der Waals surface area contributed by atoms with Gasteiger partial charge in [-0.2, -0.15) is 0 Å². The third-order valence-corrected chi connectivity index (χ3v) is 3.76. The molecule has 0 aliphatic rings. The number of benzene rings is 1. The summed E-state index contributed by atoms with van der Waals surface area (Å²) >= 11 is 0. The number of ether oxygens (including phenoxy) is 1. The van der Waals surface area contributed by atoms with Gasteiger partial charge in [-0.15, -0.1) is 0 Å². The van der Waals surface area contributed by atoms with Crippen molar-refractivity contribution in [1.82, 2.24) is 9.88 Å². The van der Waals surface area contributed by atoms with Crippen LogP contribution in [0.3, 0.4) is 0 Å². The summed E-state index contributed by atoms with van der Waals surface area (Å²) in [6, 6.07) is 11.8. The van der Waals surface area contributed by atoms with Crippen LogP contribution in [-0.2, 0) is 22.7 Å². The van der Waals surface area contributed by atoms with Crippen molar-refractivity contribution >= 4 is 12.1 Å². The highest BCUT2D eigenvalue weighted by atomic mass is 16.6. The highest BCUT2D eigenvalue weighted by molar-refractivity contribution is 5.80. The van der Waals surface area contributed by atoms with Gasteiger partial charge in [-0.3, -0.25) is 9.88 Å². The number of amides is 1. The predicted octanol–water partition coefficient (Wildman–Crippen LogP) is 3.33. The Kier molecular flexibility index (Phi) is 6.51. The Labute approximate surface area is 147 Å². The molecule has 0 saturated heterocycles. The summed E-state index contributed by atoms with van der Waals surface area (Å²) in [5, 5.41) is 9.56. The summed E-state index contributed by atoms with van der Waals surface area (Å²) in [4.78, 5) is 29.5. The van der Waals surface area contributed by atoms with Crippen LogP contribution in [0.15, 0.2) is 54.9 Å². The van der Waals surface area contributed by atoms with Crippen LogP contribution in [0.2, 0.25) is 0 Å². The molecule has 0 spiro atoms. The zero-order valence-electron chi connectivity index (χ0n) is 14.3. The lowest BCUT2D eigenvalue weighted by molar-refractivity contribution is -0.144. The number of carbonyl (C=O) groups is 2. The Hall–Kier alpha value is -2.89. The van der Waals surface area contributed by atoms with Gasteiger partial charge in [0.25, 0.3) is 0 Å². The van der Waals surface area contributed by atoms with E-state index in [1.54, 1.807) is 38.4 Å². The number of carboxylic acids is 1. The van der Waals surface area contributed by atoms with Crippen molar-refractivity contribution in [2.45, 2.75) is 33.0 Å². The average Bonchev–Trinajstić information content (AvgIpc) is 2.60. The van der Waals surface area contributed by atoms with E-state index < -0.39 is 18.1 Å². The molecule has 0 aliphatic heterocycles. The van der Waals surface area contributed by atoms with Crippen molar-refractivity contribution in [1.29, 1.82) is 0 Å². The van der Waals surface area contributed by atoms with Crippen LogP contribution in [0.4, 0.5) is 4.79 Å². The minimum atomic E-state index is -1.05. The number of hydrogen-bond acceptors (Lipinski definition) is 4. The first-order valence-corrected chi connectivity index (χ1v) is 8.08. The minimum Gasteiger partial charge on any atom is -0.480 e. The van der Waals surface area contributed by atoms with Crippen LogP contribution in [0.25, 0.3) is 0 Å². The fraction of sp³-hybridized carbons (Fsp3) is 0.316. The fourth-order valence-electron chi connectivity index (χ4n) is 2.54. The summed E-state index contributed by atoms with van der Waals surface area (Å²) < 4.78 is 5.35. The van der Waals surface area contributed by atoms with Gasteiger partial charge >= 0.3 is 12.1 Å². The second kappa shape index (κ2) is 8.82. The lowest BCUT2D eigenvalue weighted by Crippen LogP contribution is -2.47. The maximum Gasteiger partial charge on any atom is 0.411 e. The van der Waals surface area contributed by atoms with Crippen molar-refractivity contribution < 1.29 is 19.4 Å². The second-order valence-corrected chi connectivity index (χ2v) is 6.05. The number of hydrogen-bond donors (Lipinski definition) is 1. The number of aliphatic carboxylic acids is 1. The standard InChI is InChI=1S/C19H22N2O4/c1-14(2)17(18(22)23)21(12-15-8-10-20-11-9-15)19(24)25-13-16-6-4-3-5-7-16/h3-11,14,17H,12-13H2,1-2H3,(H,22,23). The molecule has 1 N–H and O–H groups in total. The van der Waals surface area contributed by atoms with Crippen molar-refractivity contribution in [3.63, 3.8) is 0 Å². The second-order valence-electron chi connectivity index (χ2n) is 6.05. The normalized spacial score (nSPS) is 11.8. The maximum atomic E-state index is 12.6. The number of carboxylic acid groups (broad SMARTS) is 1. The lowest BCUT2D eigenvalue weighted by atomic mass is 10.0. The molecule has 0 radical (unpaired) electrons.